The van der Waals surface area contributed by atoms with Gasteiger partial charge in [-0.3, -0.25) is 18.6 Å². The van der Waals surface area contributed by atoms with Crippen molar-refractivity contribution in [1.29, 1.82) is 0 Å². The molecule has 0 amide bonds. The lowest BCUT2D eigenvalue weighted by Gasteiger charge is -2.19. The number of carbonyl (C=O) groups excluding carboxylic acids is 2. The van der Waals surface area contributed by atoms with Crippen LogP contribution in [0.4, 0.5) is 0 Å². The van der Waals surface area contributed by atoms with Crippen LogP contribution >= 0.6 is 7.82 Å². The maximum Gasteiger partial charge on any atom is 0.472 e. The molecule has 0 aromatic rings. The molecule has 2 unspecified atom stereocenters. The summed E-state index contributed by atoms with van der Waals surface area (Å²) in [4.78, 5) is 35.5. The van der Waals surface area contributed by atoms with Crippen LogP contribution in [0, 0.1) is 0 Å². The number of phosphoric acid groups is 1. The van der Waals surface area contributed by atoms with E-state index in [1.54, 1.807) is 0 Å². The molecule has 0 bridgehead atoms. The molecule has 9 nitrogen and oxygen atoms in total. The molecule has 0 rings (SSSR count). The van der Waals surface area contributed by atoms with E-state index < -0.39 is 26.5 Å². The monoisotopic (exact) mass is 1380 g/mol. The van der Waals surface area contributed by atoms with Gasteiger partial charge in [-0.05, 0) is 96.3 Å². The summed E-state index contributed by atoms with van der Waals surface area (Å²) in [5.74, 6) is -0.809. The molecule has 0 fully saturated rings. The van der Waals surface area contributed by atoms with E-state index in [9.17, 15) is 19.0 Å². The standard InChI is InChI=1S/C87H158NO8P/c1-3-5-7-9-11-13-15-17-19-21-23-25-27-29-31-33-35-37-39-40-41-42-43-44-46-47-49-51-53-55-57-59-61-63-65-67-69-71-73-75-77-79-86(89)93-83-85(84-95-97(91,92)94-82-81-88)96-87(90)80-78-76-74-72-70-68-66-64-62-60-58-56-54-52-50-48-45-38-36-34-32-30-28-26-24-22-20-18-16-14-12-10-8-6-4-2/h6,8,12,14-15,17-18,20-21,23-24,26,30,32,36,38,85H,3-5,7,9-11,13,16,19,22,25,27-29,31,33-35,37,39-84,88H2,1-2H3,(H,91,92)/b8-6-,14-12-,17-15-,20-18-,23-21-,26-24-,32-30-,38-36-. The number of hydrogen-bond acceptors (Lipinski definition) is 8. The predicted octanol–water partition coefficient (Wildman–Crippen LogP) is 28.2. The first-order valence-corrected chi connectivity index (χ1v) is 43.2. The Morgan fingerprint density at radius 3 is 0.845 bits per heavy atom. The summed E-state index contributed by atoms with van der Waals surface area (Å²) in [5, 5.41) is 0. The first-order chi connectivity index (χ1) is 47.8. The first kappa shape index (κ1) is 93.9. The topological polar surface area (TPSA) is 134 Å². The summed E-state index contributed by atoms with van der Waals surface area (Å²) in [6.45, 7) is 3.68. The van der Waals surface area contributed by atoms with E-state index in [1.807, 2.05) is 0 Å². The van der Waals surface area contributed by atoms with Crippen LogP contribution < -0.4 is 5.73 Å². The number of unbranched alkanes of at least 4 members (excludes halogenated alkanes) is 50. The zero-order valence-electron chi connectivity index (χ0n) is 63.8. The van der Waals surface area contributed by atoms with Gasteiger partial charge in [0.15, 0.2) is 6.10 Å². The average Bonchev–Trinajstić information content (AvgIpc) is 2.69. The van der Waals surface area contributed by atoms with Gasteiger partial charge < -0.3 is 20.1 Å². The van der Waals surface area contributed by atoms with Crippen molar-refractivity contribution in [3.05, 3.63) is 97.2 Å². The summed E-state index contributed by atoms with van der Waals surface area (Å²) >= 11 is 0. The van der Waals surface area contributed by atoms with Gasteiger partial charge >= 0.3 is 19.8 Å². The highest BCUT2D eigenvalue weighted by Crippen LogP contribution is 2.43. The van der Waals surface area contributed by atoms with Crippen molar-refractivity contribution in [2.45, 2.75) is 418 Å². The SMILES string of the molecule is CC/C=C\C/C=C\C/C=C\C/C=C\C/C=C\C/C=C\CCCCCCCCCCCCCCCCCCC(=O)OC(COC(=O)CCCCCCCCCCCCCCCCCCCCCCCCCCCCCCC/C=C\C/C=C\CCCCCCC)COP(=O)(O)OCCN. The van der Waals surface area contributed by atoms with Crippen LogP contribution in [0.5, 0.6) is 0 Å². The Morgan fingerprint density at radius 1 is 0.320 bits per heavy atom. The van der Waals surface area contributed by atoms with E-state index in [-0.39, 0.29) is 38.6 Å². The van der Waals surface area contributed by atoms with Crippen molar-refractivity contribution in [3.8, 4) is 0 Å². The van der Waals surface area contributed by atoms with Crippen LogP contribution in [0.2, 0.25) is 0 Å². The normalized spacial score (nSPS) is 13.3. The zero-order chi connectivity index (χ0) is 70.0. The molecule has 0 aliphatic heterocycles. The van der Waals surface area contributed by atoms with E-state index in [1.165, 1.54) is 295 Å². The average molecular weight is 1380 g/mol. The number of esters is 2. The minimum Gasteiger partial charge on any atom is -0.462 e. The summed E-state index contributed by atoms with van der Waals surface area (Å²) < 4.78 is 33.3. The highest BCUT2D eigenvalue weighted by molar-refractivity contribution is 7.47. The number of rotatable bonds is 79. The number of ether oxygens (including phenoxy) is 2. The highest BCUT2D eigenvalue weighted by Gasteiger charge is 2.26. The molecule has 0 aliphatic carbocycles. The number of phosphoric ester groups is 1. The molecular weight excluding hydrogens is 1220 g/mol. The second-order valence-corrected chi connectivity index (χ2v) is 29.4. The van der Waals surface area contributed by atoms with Crippen LogP contribution in [0.15, 0.2) is 97.2 Å². The van der Waals surface area contributed by atoms with Gasteiger partial charge in [-0.2, -0.15) is 0 Å². The van der Waals surface area contributed by atoms with Crippen molar-refractivity contribution in [2.75, 3.05) is 26.4 Å². The van der Waals surface area contributed by atoms with E-state index in [0.717, 1.165) is 83.5 Å². The Balaban J connectivity index is 3.75. The van der Waals surface area contributed by atoms with Crippen molar-refractivity contribution in [1.82, 2.24) is 0 Å². The van der Waals surface area contributed by atoms with Crippen molar-refractivity contribution in [2.24, 2.45) is 5.73 Å². The van der Waals surface area contributed by atoms with Crippen molar-refractivity contribution >= 4 is 19.8 Å². The molecule has 0 saturated heterocycles. The molecule has 0 aromatic heterocycles. The first-order valence-electron chi connectivity index (χ1n) is 41.7. The number of carbonyl (C=O) groups is 2. The highest BCUT2D eigenvalue weighted by atomic mass is 31.2. The minimum absolute atomic E-state index is 0.0531. The molecular formula is C87H158NO8P. The largest absolute Gasteiger partial charge is 0.472 e. The number of allylic oxidation sites excluding steroid dienone is 16. The van der Waals surface area contributed by atoms with Crippen LogP contribution in [-0.4, -0.2) is 49.3 Å². The van der Waals surface area contributed by atoms with E-state index in [0.29, 0.717) is 6.42 Å². The summed E-state index contributed by atoms with van der Waals surface area (Å²) in [5.41, 5.74) is 5.42. The van der Waals surface area contributed by atoms with Gasteiger partial charge in [0.1, 0.15) is 6.61 Å². The molecule has 0 heterocycles. The molecule has 97 heavy (non-hydrogen) atoms. The van der Waals surface area contributed by atoms with Crippen LogP contribution in [-0.2, 0) is 32.7 Å². The van der Waals surface area contributed by atoms with Gasteiger partial charge in [0.05, 0.1) is 13.2 Å². The lowest BCUT2D eigenvalue weighted by molar-refractivity contribution is -0.161. The van der Waals surface area contributed by atoms with E-state index >= 15 is 0 Å². The Morgan fingerprint density at radius 2 is 0.567 bits per heavy atom. The lowest BCUT2D eigenvalue weighted by Crippen LogP contribution is -2.29. The fourth-order valence-corrected chi connectivity index (χ4v) is 13.1. The molecule has 0 radical (unpaired) electrons. The molecule has 0 aliphatic rings. The summed E-state index contributed by atoms with van der Waals surface area (Å²) in [6.07, 6.45) is 113. The van der Waals surface area contributed by atoms with Gasteiger partial charge in [0.25, 0.3) is 0 Å². The molecule has 10 heteroatoms. The second kappa shape index (κ2) is 81.9. The quantitative estimate of drug-likeness (QED) is 0.0264. The van der Waals surface area contributed by atoms with Crippen LogP contribution in [0.3, 0.4) is 0 Å². The fraction of sp³-hybridized carbons (Fsp3) is 0.793. The third-order valence-corrected chi connectivity index (χ3v) is 19.4. The van der Waals surface area contributed by atoms with Gasteiger partial charge in [0, 0.05) is 19.4 Å². The van der Waals surface area contributed by atoms with Crippen molar-refractivity contribution < 1.29 is 37.6 Å². The molecule has 3 N–H and O–H groups in total. The minimum atomic E-state index is -4.40. The maximum absolute atomic E-state index is 12.8. The Bertz CT molecular complexity index is 1920. The maximum atomic E-state index is 12.8. The van der Waals surface area contributed by atoms with Gasteiger partial charge in [-0.1, -0.05) is 400 Å². The second-order valence-electron chi connectivity index (χ2n) is 28.0. The van der Waals surface area contributed by atoms with Crippen LogP contribution in [0.1, 0.15) is 412 Å². The molecule has 0 saturated carbocycles. The van der Waals surface area contributed by atoms with E-state index in [2.05, 4.69) is 111 Å². The predicted molar refractivity (Wildman–Crippen MR) is 422 cm³/mol. The zero-order valence-corrected chi connectivity index (χ0v) is 64.7. The third-order valence-electron chi connectivity index (χ3n) is 18.5. The Kier molecular flexibility index (Phi) is 79.3. The molecule has 0 spiro atoms. The number of hydrogen-bond donors (Lipinski definition) is 2. The Labute approximate surface area is 601 Å². The number of nitrogens with two attached hydrogens (primary N) is 1. The molecule has 0 aromatic carbocycles. The molecule has 2 atom stereocenters. The fourth-order valence-electron chi connectivity index (χ4n) is 12.3. The van der Waals surface area contributed by atoms with Crippen molar-refractivity contribution in [3.63, 3.8) is 0 Å². The summed E-state index contributed by atoms with van der Waals surface area (Å²) in [7, 11) is -4.40. The molecule has 564 valence electrons. The van der Waals surface area contributed by atoms with Gasteiger partial charge in [-0.15, -0.1) is 0 Å². The third kappa shape index (κ3) is 81.8. The van der Waals surface area contributed by atoms with Gasteiger partial charge in [-0.25, -0.2) is 4.57 Å². The lowest BCUT2D eigenvalue weighted by atomic mass is 10.0. The van der Waals surface area contributed by atoms with Gasteiger partial charge in [0.2, 0.25) is 0 Å². The Hall–Kier alpha value is -3.07. The van der Waals surface area contributed by atoms with E-state index in [4.69, 9.17) is 24.3 Å². The van der Waals surface area contributed by atoms with Crippen LogP contribution in [0.25, 0.3) is 0 Å². The smallest absolute Gasteiger partial charge is 0.462 e. The summed E-state index contributed by atoms with van der Waals surface area (Å²) in [6, 6.07) is 0.